The second-order valence-corrected chi connectivity index (χ2v) is 4.60. The Morgan fingerprint density at radius 2 is 1.70 bits per heavy atom. The fourth-order valence-electron chi connectivity index (χ4n) is 2.36. The molecule has 0 aliphatic heterocycles. The number of methoxy groups -OCH3 is 3. The van der Waals surface area contributed by atoms with E-state index < -0.39 is 6.10 Å². The van der Waals surface area contributed by atoms with Crippen molar-refractivity contribution in [1.82, 2.24) is 0 Å². The average Bonchev–Trinajstić information content (AvgIpc) is 2.50. The first-order valence-electron chi connectivity index (χ1n) is 6.70. The molecule has 0 radical (unpaired) electrons. The number of ether oxygens (including phenoxy) is 3. The minimum Gasteiger partial charge on any atom is -0.493 e. The van der Waals surface area contributed by atoms with Crippen molar-refractivity contribution in [2.45, 2.75) is 31.8 Å². The van der Waals surface area contributed by atoms with Crippen LogP contribution in [0.25, 0.3) is 0 Å². The molecular weight excluding hydrogens is 260 g/mol. The van der Waals surface area contributed by atoms with Gasteiger partial charge in [-0.1, -0.05) is 13.0 Å². The van der Waals surface area contributed by atoms with Crippen LogP contribution < -0.4 is 14.2 Å². The van der Waals surface area contributed by atoms with E-state index >= 15 is 0 Å². The molecule has 5 heteroatoms. The van der Waals surface area contributed by atoms with Crippen LogP contribution in [0.15, 0.2) is 12.1 Å². The second-order valence-electron chi connectivity index (χ2n) is 4.60. The molecule has 2 N–H and O–H groups in total. The lowest BCUT2D eigenvalue weighted by molar-refractivity contribution is 0.0815. The summed E-state index contributed by atoms with van der Waals surface area (Å²) in [5.41, 5.74) is 0.945. The highest BCUT2D eigenvalue weighted by Gasteiger charge is 2.23. The Morgan fingerprint density at radius 1 is 1.05 bits per heavy atom. The van der Waals surface area contributed by atoms with E-state index in [1.54, 1.807) is 21.3 Å². The van der Waals surface area contributed by atoms with Gasteiger partial charge >= 0.3 is 0 Å². The van der Waals surface area contributed by atoms with E-state index in [0.29, 0.717) is 23.7 Å². The van der Waals surface area contributed by atoms with Crippen molar-refractivity contribution in [3.63, 3.8) is 0 Å². The highest BCUT2D eigenvalue weighted by atomic mass is 16.5. The van der Waals surface area contributed by atoms with Crippen molar-refractivity contribution in [3.05, 3.63) is 17.7 Å². The van der Waals surface area contributed by atoms with Gasteiger partial charge < -0.3 is 24.4 Å². The van der Waals surface area contributed by atoms with Crippen molar-refractivity contribution in [2.75, 3.05) is 27.9 Å². The average molecular weight is 284 g/mol. The third-order valence-electron chi connectivity index (χ3n) is 3.43. The van der Waals surface area contributed by atoms with E-state index in [1.165, 1.54) is 0 Å². The summed E-state index contributed by atoms with van der Waals surface area (Å²) in [6.45, 7) is 1.79. The van der Waals surface area contributed by atoms with E-state index in [-0.39, 0.29) is 12.5 Å². The fourth-order valence-corrected chi connectivity index (χ4v) is 2.36. The van der Waals surface area contributed by atoms with Crippen LogP contribution in [0.1, 0.15) is 31.2 Å². The van der Waals surface area contributed by atoms with Gasteiger partial charge in [-0.05, 0) is 24.8 Å². The molecule has 1 aromatic rings. The highest BCUT2D eigenvalue weighted by molar-refractivity contribution is 5.56. The highest BCUT2D eigenvalue weighted by Crippen LogP contribution is 2.44. The molecular formula is C15H24O5. The van der Waals surface area contributed by atoms with Gasteiger partial charge in [-0.15, -0.1) is 0 Å². The van der Waals surface area contributed by atoms with Gasteiger partial charge in [0.25, 0.3) is 0 Å². The molecule has 0 amide bonds. The van der Waals surface area contributed by atoms with Gasteiger partial charge in [0.1, 0.15) is 0 Å². The second kappa shape index (κ2) is 7.97. The summed E-state index contributed by atoms with van der Waals surface area (Å²) in [6.07, 6.45) is 0.555. The van der Waals surface area contributed by atoms with Crippen LogP contribution in [-0.2, 0) is 0 Å². The van der Waals surface area contributed by atoms with Crippen molar-refractivity contribution in [3.8, 4) is 17.2 Å². The monoisotopic (exact) mass is 284 g/mol. The van der Waals surface area contributed by atoms with Crippen molar-refractivity contribution >= 4 is 0 Å². The summed E-state index contributed by atoms with van der Waals surface area (Å²) in [6, 6.07) is 3.74. The van der Waals surface area contributed by atoms with Gasteiger partial charge in [0.2, 0.25) is 5.75 Å². The summed E-state index contributed by atoms with van der Waals surface area (Å²) >= 11 is 0. The molecule has 0 bridgehead atoms. The van der Waals surface area contributed by atoms with Crippen molar-refractivity contribution < 1.29 is 24.4 Å². The van der Waals surface area contributed by atoms with Crippen molar-refractivity contribution in [1.29, 1.82) is 0 Å². The Bertz CT molecular complexity index is 419. The van der Waals surface area contributed by atoms with Crippen LogP contribution in [0.3, 0.4) is 0 Å². The standard InChI is InChI=1S/C15H24O5/c1-5-10(8-11(17)9-16)12-6-7-13(18-2)15(20-4)14(12)19-3/h6-7,10-11,16-17H,5,8-9H2,1-4H3. The van der Waals surface area contributed by atoms with Gasteiger partial charge in [-0.2, -0.15) is 0 Å². The molecule has 20 heavy (non-hydrogen) atoms. The maximum absolute atomic E-state index is 9.66. The van der Waals surface area contributed by atoms with Crippen LogP contribution >= 0.6 is 0 Å². The Kier molecular flexibility index (Phi) is 6.61. The van der Waals surface area contributed by atoms with Gasteiger partial charge in [0.15, 0.2) is 11.5 Å². The third kappa shape index (κ3) is 3.55. The van der Waals surface area contributed by atoms with Crippen LogP contribution in [0.5, 0.6) is 17.2 Å². The summed E-state index contributed by atoms with van der Waals surface area (Å²) < 4.78 is 16.1. The number of hydrogen-bond acceptors (Lipinski definition) is 5. The summed E-state index contributed by atoms with van der Waals surface area (Å²) in [7, 11) is 4.72. The Balaban J connectivity index is 3.21. The lowest BCUT2D eigenvalue weighted by Gasteiger charge is -2.22. The van der Waals surface area contributed by atoms with E-state index in [1.807, 2.05) is 19.1 Å². The molecule has 0 aromatic heterocycles. The lowest BCUT2D eigenvalue weighted by atomic mass is 9.90. The minimum absolute atomic E-state index is 0.0758. The molecule has 114 valence electrons. The lowest BCUT2D eigenvalue weighted by Crippen LogP contribution is -2.16. The summed E-state index contributed by atoms with van der Waals surface area (Å²) in [4.78, 5) is 0. The van der Waals surface area contributed by atoms with E-state index in [2.05, 4.69) is 0 Å². The minimum atomic E-state index is -0.738. The SMILES string of the molecule is CCC(CC(O)CO)c1ccc(OC)c(OC)c1OC. The molecule has 0 saturated heterocycles. The normalized spacial score (nSPS) is 13.7. The molecule has 0 aliphatic rings. The van der Waals surface area contributed by atoms with E-state index in [4.69, 9.17) is 19.3 Å². The molecule has 1 rings (SSSR count). The molecule has 0 fully saturated rings. The van der Waals surface area contributed by atoms with Gasteiger partial charge in [-0.25, -0.2) is 0 Å². The predicted molar refractivity (Wildman–Crippen MR) is 76.8 cm³/mol. The van der Waals surface area contributed by atoms with E-state index in [9.17, 15) is 5.11 Å². The molecule has 0 aliphatic carbocycles. The third-order valence-corrected chi connectivity index (χ3v) is 3.43. The Hall–Kier alpha value is -1.46. The molecule has 5 nitrogen and oxygen atoms in total. The number of hydrogen-bond donors (Lipinski definition) is 2. The number of aliphatic hydroxyl groups is 2. The van der Waals surface area contributed by atoms with Crippen LogP contribution in [0, 0.1) is 0 Å². The van der Waals surface area contributed by atoms with Gasteiger partial charge in [-0.3, -0.25) is 0 Å². The van der Waals surface area contributed by atoms with Gasteiger partial charge in [0.05, 0.1) is 34.0 Å². The first-order chi connectivity index (χ1) is 9.62. The Morgan fingerprint density at radius 3 is 2.15 bits per heavy atom. The molecule has 0 heterocycles. The maximum atomic E-state index is 9.66. The number of benzene rings is 1. The van der Waals surface area contributed by atoms with E-state index in [0.717, 1.165) is 12.0 Å². The summed E-state index contributed by atoms with van der Waals surface area (Å²) in [5.74, 6) is 1.84. The number of rotatable bonds is 8. The number of aliphatic hydroxyl groups excluding tert-OH is 2. The largest absolute Gasteiger partial charge is 0.493 e. The molecule has 0 saturated carbocycles. The molecule has 2 unspecified atom stereocenters. The zero-order chi connectivity index (χ0) is 15.1. The predicted octanol–water partition coefficient (Wildman–Crippen LogP) is 1.95. The van der Waals surface area contributed by atoms with Crippen molar-refractivity contribution in [2.24, 2.45) is 0 Å². The first-order valence-corrected chi connectivity index (χ1v) is 6.70. The maximum Gasteiger partial charge on any atom is 0.203 e. The molecule has 1 aromatic carbocycles. The molecule has 0 spiro atoms. The quantitative estimate of drug-likeness (QED) is 0.763. The van der Waals surface area contributed by atoms with Crippen LogP contribution in [0.2, 0.25) is 0 Å². The molecule has 2 atom stereocenters. The summed E-state index contributed by atoms with van der Waals surface area (Å²) in [5, 5.41) is 18.7. The first kappa shape index (κ1) is 16.6. The zero-order valence-electron chi connectivity index (χ0n) is 12.5. The van der Waals surface area contributed by atoms with Crippen LogP contribution in [-0.4, -0.2) is 44.3 Å². The van der Waals surface area contributed by atoms with Gasteiger partial charge in [0, 0.05) is 5.56 Å². The Labute approximate surface area is 120 Å². The fraction of sp³-hybridized carbons (Fsp3) is 0.600. The van der Waals surface area contributed by atoms with Crippen LogP contribution in [0.4, 0.5) is 0 Å². The topological polar surface area (TPSA) is 68.2 Å². The zero-order valence-corrected chi connectivity index (χ0v) is 12.5. The smallest absolute Gasteiger partial charge is 0.203 e.